The van der Waals surface area contributed by atoms with Gasteiger partial charge in [-0.2, -0.15) is 0 Å². The highest BCUT2D eigenvalue weighted by atomic mass is 14.9. The zero-order chi connectivity index (χ0) is 16.5. The van der Waals surface area contributed by atoms with E-state index in [9.17, 15) is 0 Å². The molecule has 4 heteroatoms. The lowest BCUT2D eigenvalue weighted by Crippen LogP contribution is -2.09. The number of hydrogen-bond donors (Lipinski definition) is 1. The Morgan fingerprint density at radius 2 is 2.00 bits per heavy atom. The molecule has 3 heterocycles. The van der Waals surface area contributed by atoms with Gasteiger partial charge in [-0.25, -0.2) is 4.98 Å². The fourth-order valence-electron chi connectivity index (χ4n) is 3.44. The van der Waals surface area contributed by atoms with Crippen molar-refractivity contribution in [1.29, 1.82) is 0 Å². The molecule has 4 aromatic rings. The number of fused-ring (bicyclic) bond motifs is 1. The number of aromatic nitrogens is 4. The third kappa shape index (κ3) is 2.60. The van der Waals surface area contributed by atoms with Gasteiger partial charge in [0, 0.05) is 48.9 Å². The van der Waals surface area contributed by atoms with Gasteiger partial charge in [0.05, 0.1) is 11.8 Å². The summed E-state index contributed by atoms with van der Waals surface area (Å²) >= 11 is 0. The van der Waals surface area contributed by atoms with Crippen molar-refractivity contribution in [3.63, 3.8) is 0 Å². The smallest absolute Gasteiger partial charge is 0.0921 e. The summed E-state index contributed by atoms with van der Waals surface area (Å²) in [6.45, 7) is 2.03. The second-order valence-electron chi connectivity index (χ2n) is 6.25. The summed E-state index contributed by atoms with van der Waals surface area (Å²) in [7, 11) is 2.10. The normalized spacial score (nSPS) is 12.6. The van der Waals surface area contributed by atoms with Crippen molar-refractivity contribution in [2.24, 2.45) is 7.05 Å². The van der Waals surface area contributed by atoms with E-state index in [1.165, 1.54) is 16.5 Å². The van der Waals surface area contributed by atoms with E-state index in [1.54, 1.807) is 6.33 Å². The molecule has 0 aliphatic rings. The number of nitrogens with zero attached hydrogens (tertiary/aromatic N) is 3. The van der Waals surface area contributed by atoms with E-state index >= 15 is 0 Å². The molecule has 1 atom stereocenters. The van der Waals surface area contributed by atoms with E-state index < -0.39 is 0 Å². The maximum absolute atomic E-state index is 4.70. The van der Waals surface area contributed by atoms with Crippen LogP contribution in [0.1, 0.15) is 28.6 Å². The zero-order valence-electron chi connectivity index (χ0n) is 13.9. The maximum Gasteiger partial charge on any atom is 0.0921 e. The van der Waals surface area contributed by atoms with Crippen LogP contribution in [0.2, 0.25) is 0 Å². The maximum atomic E-state index is 4.70. The second-order valence-corrected chi connectivity index (χ2v) is 6.25. The Morgan fingerprint density at radius 3 is 2.79 bits per heavy atom. The summed E-state index contributed by atoms with van der Waals surface area (Å²) in [5.41, 5.74) is 5.83. The van der Waals surface area contributed by atoms with Crippen molar-refractivity contribution in [3.05, 3.63) is 83.8 Å². The van der Waals surface area contributed by atoms with Gasteiger partial charge in [-0.1, -0.05) is 24.3 Å². The molecule has 0 aliphatic carbocycles. The molecule has 3 aromatic heterocycles. The van der Waals surface area contributed by atoms with Gasteiger partial charge < -0.3 is 9.55 Å². The van der Waals surface area contributed by atoms with E-state index in [-0.39, 0.29) is 5.92 Å². The topological polar surface area (TPSA) is 46.5 Å². The number of rotatable bonds is 4. The predicted octanol–water partition coefficient (Wildman–Crippen LogP) is 3.98. The van der Waals surface area contributed by atoms with Crippen molar-refractivity contribution < 1.29 is 0 Å². The summed E-state index contributed by atoms with van der Waals surface area (Å²) in [5.74, 6) is 0.194. The standard InChI is InChI=1S/C20H20N4/c1-14-5-3-7-16(23-14)11-18(19-12-21-13-22-19)17-8-4-6-15-9-10-24(2)20(15)17/h3-10,12-13,18H,11H2,1-2H3,(H,21,22). The molecule has 1 unspecified atom stereocenters. The number of nitrogens with one attached hydrogen (secondary N) is 1. The monoisotopic (exact) mass is 316 g/mol. The Bertz CT molecular complexity index is 966. The van der Waals surface area contributed by atoms with Crippen LogP contribution in [0.4, 0.5) is 0 Å². The Labute approximate surface area is 141 Å². The van der Waals surface area contributed by atoms with Crippen LogP contribution in [0, 0.1) is 6.92 Å². The zero-order valence-corrected chi connectivity index (χ0v) is 13.9. The number of para-hydroxylation sites is 1. The molecule has 1 N–H and O–H groups in total. The van der Waals surface area contributed by atoms with Crippen LogP contribution in [0.25, 0.3) is 10.9 Å². The van der Waals surface area contributed by atoms with Crippen molar-refractivity contribution in [1.82, 2.24) is 19.5 Å². The molecule has 120 valence electrons. The van der Waals surface area contributed by atoms with E-state index in [2.05, 4.69) is 64.2 Å². The molecule has 0 spiro atoms. The van der Waals surface area contributed by atoms with Crippen LogP contribution in [-0.2, 0) is 13.5 Å². The molecular weight excluding hydrogens is 296 g/mol. The van der Waals surface area contributed by atoms with Crippen LogP contribution < -0.4 is 0 Å². The first-order valence-corrected chi connectivity index (χ1v) is 8.17. The van der Waals surface area contributed by atoms with Gasteiger partial charge in [0.25, 0.3) is 0 Å². The minimum absolute atomic E-state index is 0.194. The second kappa shape index (κ2) is 5.96. The Hall–Kier alpha value is -2.88. The van der Waals surface area contributed by atoms with Crippen LogP contribution >= 0.6 is 0 Å². The highest BCUT2D eigenvalue weighted by molar-refractivity contribution is 5.84. The predicted molar refractivity (Wildman–Crippen MR) is 96.0 cm³/mol. The van der Waals surface area contributed by atoms with Gasteiger partial charge in [-0.3, -0.25) is 4.98 Å². The van der Waals surface area contributed by atoms with Crippen molar-refractivity contribution >= 4 is 10.9 Å². The van der Waals surface area contributed by atoms with Crippen LogP contribution in [-0.4, -0.2) is 19.5 Å². The molecule has 0 saturated heterocycles. The van der Waals surface area contributed by atoms with Gasteiger partial charge in [0.2, 0.25) is 0 Å². The first-order chi connectivity index (χ1) is 11.7. The molecule has 4 rings (SSSR count). The van der Waals surface area contributed by atoms with E-state index in [1.807, 2.05) is 19.2 Å². The molecular formula is C20H20N4. The summed E-state index contributed by atoms with van der Waals surface area (Å²) in [6.07, 6.45) is 6.62. The third-order valence-electron chi connectivity index (χ3n) is 4.56. The Kier molecular flexibility index (Phi) is 3.65. The van der Waals surface area contributed by atoms with Gasteiger partial charge in [0.1, 0.15) is 0 Å². The van der Waals surface area contributed by atoms with E-state index in [0.29, 0.717) is 0 Å². The van der Waals surface area contributed by atoms with Gasteiger partial charge in [-0.05, 0) is 36.1 Å². The minimum atomic E-state index is 0.194. The molecule has 24 heavy (non-hydrogen) atoms. The van der Waals surface area contributed by atoms with Gasteiger partial charge >= 0.3 is 0 Å². The van der Waals surface area contributed by atoms with E-state index in [4.69, 9.17) is 4.98 Å². The number of hydrogen-bond acceptors (Lipinski definition) is 2. The number of pyridine rings is 1. The molecule has 1 aromatic carbocycles. The summed E-state index contributed by atoms with van der Waals surface area (Å²) in [4.78, 5) is 12.2. The average Bonchev–Trinajstić information content (AvgIpc) is 3.23. The lowest BCUT2D eigenvalue weighted by atomic mass is 9.90. The largest absolute Gasteiger partial charge is 0.350 e. The lowest BCUT2D eigenvalue weighted by Gasteiger charge is -2.18. The molecule has 0 saturated carbocycles. The molecule has 0 fully saturated rings. The van der Waals surface area contributed by atoms with Crippen molar-refractivity contribution in [2.75, 3.05) is 0 Å². The molecule has 0 amide bonds. The van der Waals surface area contributed by atoms with Crippen LogP contribution in [0.5, 0.6) is 0 Å². The number of imidazole rings is 1. The van der Waals surface area contributed by atoms with Crippen molar-refractivity contribution in [2.45, 2.75) is 19.3 Å². The number of aromatic amines is 1. The molecule has 0 radical (unpaired) electrons. The highest BCUT2D eigenvalue weighted by Gasteiger charge is 2.20. The fourth-order valence-corrected chi connectivity index (χ4v) is 3.44. The number of benzene rings is 1. The summed E-state index contributed by atoms with van der Waals surface area (Å²) in [5, 5.41) is 1.26. The number of aryl methyl sites for hydroxylation is 2. The Morgan fingerprint density at radius 1 is 1.12 bits per heavy atom. The molecule has 0 aliphatic heterocycles. The highest BCUT2D eigenvalue weighted by Crippen LogP contribution is 2.32. The summed E-state index contributed by atoms with van der Waals surface area (Å²) in [6, 6.07) is 14.9. The lowest BCUT2D eigenvalue weighted by molar-refractivity contribution is 0.758. The van der Waals surface area contributed by atoms with Gasteiger partial charge in [-0.15, -0.1) is 0 Å². The van der Waals surface area contributed by atoms with Crippen LogP contribution in [0.3, 0.4) is 0 Å². The minimum Gasteiger partial charge on any atom is -0.350 e. The Balaban J connectivity index is 1.85. The van der Waals surface area contributed by atoms with Crippen LogP contribution in [0.15, 0.2) is 61.2 Å². The average molecular weight is 316 g/mol. The first-order valence-electron chi connectivity index (χ1n) is 8.17. The molecule has 0 bridgehead atoms. The quantitative estimate of drug-likeness (QED) is 0.619. The fraction of sp³-hybridized carbons (Fsp3) is 0.200. The van der Waals surface area contributed by atoms with Gasteiger partial charge in [0.15, 0.2) is 0 Å². The van der Waals surface area contributed by atoms with E-state index in [0.717, 1.165) is 23.5 Å². The SMILES string of the molecule is Cc1cccc(CC(c2cnc[nH]2)c2cccc3ccn(C)c23)n1. The number of H-pyrrole nitrogens is 1. The first kappa shape index (κ1) is 14.7. The molecule has 4 nitrogen and oxygen atoms in total. The summed E-state index contributed by atoms with van der Waals surface area (Å²) < 4.78 is 2.19. The third-order valence-corrected chi connectivity index (χ3v) is 4.56. The van der Waals surface area contributed by atoms with Crippen molar-refractivity contribution in [3.8, 4) is 0 Å².